The number of nitrogens with one attached hydrogen (secondary N) is 2. The van der Waals surface area contributed by atoms with Gasteiger partial charge in [0.15, 0.2) is 0 Å². The third-order valence-electron chi connectivity index (χ3n) is 5.30. The molecule has 1 saturated carbocycles. The number of nitrogens with zero attached hydrogens (tertiary/aromatic N) is 2. The van der Waals surface area contributed by atoms with Crippen LogP contribution in [0.5, 0.6) is 11.5 Å². The molecule has 2 N–H and O–H groups in total. The summed E-state index contributed by atoms with van der Waals surface area (Å²) >= 11 is 0. The topological polar surface area (TPSA) is 68.3 Å². The maximum absolute atomic E-state index is 13.6. The highest BCUT2D eigenvalue weighted by atomic mass is 19.4. The fourth-order valence-electron chi connectivity index (χ4n) is 3.72. The second-order valence-corrected chi connectivity index (χ2v) is 8.44. The van der Waals surface area contributed by atoms with Gasteiger partial charge < -0.3 is 20.1 Å². The van der Waals surface area contributed by atoms with Crippen molar-refractivity contribution in [2.75, 3.05) is 10.6 Å². The van der Waals surface area contributed by atoms with Crippen LogP contribution in [0.3, 0.4) is 0 Å². The predicted molar refractivity (Wildman–Crippen MR) is 125 cm³/mol. The van der Waals surface area contributed by atoms with Gasteiger partial charge in [0.25, 0.3) is 0 Å². The Balaban J connectivity index is 1.50. The van der Waals surface area contributed by atoms with E-state index in [0.717, 1.165) is 31.9 Å². The van der Waals surface area contributed by atoms with Gasteiger partial charge in [0.05, 0.1) is 12.2 Å². The lowest BCUT2D eigenvalue weighted by molar-refractivity contribution is -0.137. The number of alkyl halides is 3. The van der Waals surface area contributed by atoms with Gasteiger partial charge in [-0.05, 0) is 88.1 Å². The SMILES string of the molecule is CC(C)Oc1ccc(Nc2ncc(C(F)(F)F)c(Nc3ccc(OC4CCCC4)cc3)n2)cc1. The Morgan fingerprint density at radius 1 is 0.882 bits per heavy atom. The quantitative estimate of drug-likeness (QED) is 0.365. The molecule has 2 aromatic carbocycles. The average Bonchev–Trinajstić information content (AvgIpc) is 3.29. The Kier molecular flexibility index (Phi) is 7.09. The number of ether oxygens (including phenoxy) is 2. The van der Waals surface area contributed by atoms with Crippen LogP contribution in [-0.4, -0.2) is 22.2 Å². The fraction of sp³-hybridized carbons (Fsp3) is 0.360. The van der Waals surface area contributed by atoms with Crippen molar-refractivity contribution in [2.45, 2.75) is 57.9 Å². The number of benzene rings is 2. The molecule has 0 saturated heterocycles. The first-order valence-electron chi connectivity index (χ1n) is 11.3. The molecule has 6 nitrogen and oxygen atoms in total. The zero-order valence-corrected chi connectivity index (χ0v) is 19.0. The van der Waals surface area contributed by atoms with E-state index in [1.807, 2.05) is 13.8 Å². The molecule has 1 aliphatic carbocycles. The Hall–Kier alpha value is -3.49. The standard InChI is InChI=1S/C25H27F3N4O2/c1-16(2)33-20-11-9-18(10-12-20)31-24-29-15-22(25(26,27)28)23(32-24)30-17-7-13-21(14-8-17)34-19-5-3-4-6-19/h7-16,19H,3-6H2,1-2H3,(H2,29,30,31,32). The van der Waals surface area contributed by atoms with Crippen LogP contribution >= 0.6 is 0 Å². The number of hydrogen-bond donors (Lipinski definition) is 2. The molecule has 0 radical (unpaired) electrons. The van der Waals surface area contributed by atoms with E-state index in [-0.39, 0.29) is 24.0 Å². The van der Waals surface area contributed by atoms with E-state index >= 15 is 0 Å². The van der Waals surface area contributed by atoms with Gasteiger partial charge in [0.1, 0.15) is 22.9 Å². The Labute approximate surface area is 196 Å². The molecule has 1 aliphatic rings. The highest BCUT2D eigenvalue weighted by Crippen LogP contribution is 2.36. The van der Waals surface area contributed by atoms with Crippen LogP contribution in [0.1, 0.15) is 45.1 Å². The normalized spacial score (nSPS) is 14.3. The summed E-state index contributed by atoms with van der Waals surface area (Å²) in [6.45, 7) is 3.85. The molecule has 180 valence electrons. The summed E-state index contributed by atoms with van der Waals surface area (Å²) in [6, 6.07) is 13.9. The molecule has 34 heavy (non-hydrogen) atoms. The summed E-state index contributed by atoms with van der Waals surface area (Å²) < 4.78 is 52.2. The van der Waals surface area contributed by atoms with E-state index in [9.17, 15) is 13.2 Å². The lowest BCUT2D eigenvalue weighted by Crippen LogP contribution is -2.13. The minimum absolute atomic E-state index is 0.0361. The third kappa shape index (κ3) is 6.30. The van der Waals surface area contributed by atoms with Crippen LogP contribution < -0.4 is 20.1 Å². The molecule has 0 unspecified atom stereocenters. The summed E-state index contributed by atoms with van der Waals surface area (Å²) in [4.78, 5) is 7.94. The minimum Gasteiger partial charge on any atom is -0.491 e. The molecule has 0 spiro atoms. The van der Waals surface area contributed by atoms with Crippen molar-refractivity contribution in [1.29, 1.82) is 0 Å². The molecule has 3 aromatic rings. The zero-order valence-electron chi connectivity index (χ0n) is 19.0. The first kappa shape index (κ1) is 23.7. The number of hydrogen-bond acceptors (Lipinski definition) is 6. The smallest absolute Gasteiger partial charge is 0.421 e. The van der Waals surface area contributed by atoms with Gasteiger partial charge in [0, 0.05) is 17.6 Å². The van der Waals surface area contributed by atoms with Crippen LogP contribution in [-0.2, 0) is 6.18 Å². The van der Waals surface area contributed by atoms with Crippen molar-refractivity contribution in [2.24, 2.45) is 0 Å². The summed E-state index contributed by atoms with van der Waals surface area (Å²) in [7, 11) is 0. The van der Waals surface area contributed by atoms with Crippen LogP contribution in [0.25, 0.3) is 0 Å². The van der Waals surface area contributed by atoms with Crippen molar-refractivity contribution < 1.29 is 22.6 Å². The largest absolute Gasteiger partial charge is 0.491 e. The molecule has 1 fully saturated rings. The van der Waals surface area contributed by atoms with Crippen LogP contribution in [0.15, 0.2) is 54.7 Å². The Morgan fingerprint density at radius 2 is 1.47 bits per heavy atom. The summed E-state index contributed by atoms with van der Waals surface area (Å²) in [5.74, 6) is 1.09. The fourth-order valence-corrected chi connectivity index (χ4v) is 3.72. The van der Waals surface area contributed by atoms with E-state index in [1.54, 1.807) is 48.5 Å². The summed E-state index contributed by atoms with van der Waals surface area (Å²) in [6.07, 6.45) is 0.771. The molecule has 9 heteroatoms. The van der Waals surface area contributed by atoms with Crippen LogP contribution in [0.2, 0.25) is 0 Å². The number of halogens is 3. The van der Waals surface area contributed by atoms with Crippen molar-refractivity contribution >= 4 is 23.1 Å². The molecule has 0 atom stereocenters. The Morgan fingerprint density at radius 3 is 2.06 bits per heavy atom. The van der Waals surface area contributed by atoms with Crippen molar-refractivity contribution in [3.63, 3.8) is 0 Å². The zero-order chi connectivity index (χ0) is 24.1. The van der Waals surface area contributed by atoms with Gasteiger partial charge in [0.2, 0.25) is 5.95 Å². The molecule has 0 bridgehead atoms. The molecule has 1 heterocycles. The third-order valence-corrected chi connectivity index (χ3v) is 5.30. The minimum atomic E-state index is -4.61. The van der Waals surface area contributed by atoms with E-state index in [0.29, 0.717) is 22.9 Å². The average molecular weight is 473 g/mol. The van der Waals surface area contributed by atoms with Crippen LogP contribution in [0.4, 0.5) is 36.3 Å². The number of aromatic nitrogens is 2. The van der Waals surface area contributed by atoms with Gasteiger partial charge in [-0.25, -0.2) is 4.98 Å². The molecule has 4 rings (SSSR count). The molecule has 1 aromatic heterocycles. The van der Waals surface area contributed by atoms with Gasteiger partial charge in [-0.1, -0.05) is 0 Å². The van der Waals surface area contributed by atoms with Crippen LogP contribution in [0, 0.1) is 0 Å². The van der Waals surface area contributed by atoms with Crippen molar-refractivity contribution in [3.05, 3.63) is 60.3 Å². The maximum Gasteiger partial charge on any atom is 0.421 e. The van der Waals surface area contributed by atoms with E-state index in [4.69, 9.17) is 9.47 Å². The second-order valence-electron chi connectivity index (χ2n) is 8.44. The monoisotopic (exact) mass is 472 g/mol. The Bertz CT molecular complexity index is 1080. The summed E-state index contributed by atoms with van der Waals surface area (Å²) in [5, 5.41) is 5.70. The van der Waals surface area contributed by atoms with E-state index in [2.05, 4.69) is 20.6 Å². The second kappa shape index (κ2) is 10.2. The molecular weight excluding hydrogens is 445 g/mol. The maximum atomic E-state index is 13.6. The lowest BCUT2D eigenvalue weighted by atomic mass is 10.2. The van der Waals surface area contributed by atoms with Crippen molar-refractivity contribution in [1.82, 2.24) is 9.97 Å². The number of rotatable bonds is 8. The van der Waals surface area contributed by atoms with E-state index in [1.165, 1.54) is 0 Å². The highest BCUT2D eigenvalue weighted by molar-refractivity contribution is 5.63. The van der Waals surface area contributed by atoms with Gasteiger partial charge in [-0.15, -0.1) is 0 Å². The highest BCUT2D eigenvalue weighted by Gasteiger charge is 2.35. The van der Waals surface area contributed by atoms with E-state index < -0.39 is 11.7 Å². The molecule has 0 aliphatic heterocycles. The van der Waals surface area contributed by atoms with Crippen molar-refractivity contribution in [3.8, 4) is 11.5 Å². The van der Waals surface area contributed by atoms with Gasteiger partial charge in [-0.3, -0.25) is 0 Å². The van der Waals surface area contributed by atoms with Gasteiger partial charge >= 0.3 is 6.18 Å². The first-order valence-corrected chi connectivity index (χ1v) is 11.3. The molecule has 0 amide bonds. The summed E-state index contributed by atoms with van der Waals surface area (Å²) in [5.41, 5.74) is 0.129. The lowest BCUT2D eigenvalue weighted by Gasteiger charge is -2.16. The predicted octanol–water partition coefficient (Wildman–Crippen LogP) is 7.09. The van der Waals surface area contributed by atoms with Gasteiger partial charge in [-0.2, -0.15) is 18.2 Å². The number of anilines is 4. The first-order chi connectivity index (χ1) is 16.3. The molecular formula is C25H27F3N4O2.